The Balaban J connectivity index is 0.00000504. The summed E-state index contributed by atoms with van der Waals surface area (Å²) in [4.78, 5) is 36.7. The first-order chi connectivity index (χ1) is 24.2. The fraction of sp³-hybridized carbons (Fsp3) is 0.378. The van der Waals surface area contributed by atoms with Crippen LogP contribution in [0.15, 0.2) is 47.5 Å². The zero-order valence-electron chi connectivity index (χ0n) is 29.2. The minimum atomic E-state index is -0.502. The first-order valence-electron chi connectivity index (χ1n) is 16.7. The molecule has 1 amide bonds. The molecule has 2 aromatic carbocycles. The molecule has 6 rings (SSSR count). The molecule has 51 heavy (non-hydrogen) atoms. The Bertz CT molecular complexity index is 1990. The highest BCUT2D eigenvalue weighted by Gasteiger charge is 2.32. The number of aliphatic imine (C=N–C) groups is 1. The van der Waals surface area contributed by atoms with Crippen LogP contribution >= 0.6 is 35.3 Å². The zero-order valence-corrected chi connectivity index (χ0v) is 31.6. The minimum absolute atomic E-state index is 0. The van der Waals surface area contributed by atoms with E-state index in [4.69, 9.17) is 27.1 Å². The molecule has 11 nitrogen and oxygen atoms in total. The largest absolute Gasteiger partial charge is 0.465 e. The molecular formula is C37H42Cl2N8O3S. The molecular weight excluding hydrogens is 707 g/mol. The van der Waals surface area contributed by atoms with Gasteiger partial charge < -0.3 is 20.7 Å². The Morgan fingerprint density at radius 3 is 2.53 bits per heavy atom. The van der Waals surface area contributed by atoms with Gasteiger partial charge in [0, 0.05) is 65.0 Å². The molecule has 4 heterocycles. The van der Waals surface area contributed by atoms with Gasteiger partial charge in [0.2, 0.25) is 5.91 Å². The Hall–Kier alpha value is -4.25. The van der Waals surface area contributed by atoms with E-state index in [1.165, 1.54) is 12.0 Å². The van der Waals surface area contributed by atoms with E-state index in [2.05, 4.69) is 55.6 Å². The summed E-state index contributed by atoms with van der Waals surface area (Å²) in [5, 5.41) is 13.7. The van der Waals surface area contributed by atoms with Crippen LogP contribution in [0.2, 0.25) is 5.02 Å². The highest BCUT2D eigenvalue weighted by molar-refractivity contribution is 7.15. The number of hydrogen-bond donors (Lipinski definition) is 2. The monoisotopic (exact) mass is 748 g/mol. The second-order valence-corrected chi connectivity index (χ2v) is 14.0. The molecule has 0 unspecified atom stereocenters. The van der Waals surface area contributed by atoms with Gasteiger partial charge >= 0.3 is 5.97 Å². The number of anilines is 1. The number of carbonyl (C=O) groups excluding carboxylic acids is 2. The van der Waals surface area contributed by atoms with Gasteiger partial charge in [0.25, 0.3) is 0 Å². The van der Waals surface area contributed by atoms with Crippen LogP contribution < -0.4 is 16.0 Å². The number of esters is 1. The van der Waals surface area contributed by atoms with Crippen molar-refractivity contribution in [1.29, 1.82) is 0 Å². The van der Waals surface area contributed by atoms with E-state index in [9.17, 15) is 9.59 Å². The standard InChI is InChI=1S/C37H41ClN8O3S.ClH/c1-23-24(2)50-36-33(23)34(26-8-10-28(38)11-9-26)41-31(35-43-42-25(3)46(35)36)22-32(47)40-15-6-16-44-17-19-45(20-18-44)29-12-13-30(37(48)49-4)27(21-29)7-5-14-39;/h8-13,21,31H,6,14-20,22,39H2,1-4H3,(H,40,47);1H/t31-;/m0./s1. The molecule has 2 aliphatic rings. The summed E-state index contributed by atoms with van der Waals surface area (Å²) in [6, 6.07) is 12.8. The molecule has 2 aromatic heterocycles. The van der Waals surface area contributed by atoms with Crippen LogP contribution in [0.1, 0.15) is 68.0 Å². The van der Waals surface area contributed by atoms with Gasteiger partial charge in [-0.15, -0.1) is 33.9 Å². The maximum atomic E-state index is 13.4. The predicted octanol–water partition coefficient (Wildman–Crippen LogP) is 5.04. The number of thiophene rings is 1. The fourth-order valence-electron chi connectivity index (χ4n) is 6.41. The van der Waals surface area contributed by atoms with Gasteiger partial charge in [-0.05, 0) is 69.6 Å². The maximum absolute atomic E-state index is 13.4. The second-order valence-electron chi connectivity index (χ2n) is 12.4. The van der Waals surface area contributed by atoms with Gasteiger partial charge in [-0.2, -0.15) is 0 Å². The van der Waals surface area contributed by atoms with Crippen molar-refractivity contribution in [1.82, 2.24) is 25.0 Å². The third-order valence-corrected chi connectivity index (χ3v) is 10.6. The van der Waals surface area contributed by atoms with Gasteiger partial charge in [-0.25, -0.2) is 4.79 Å². The molecule has 14 heteroatoms. The van der Waals surface area contributed by atoms with E-state index in [0.717, 1.165) is 78.1 Å². The lowest BCUT2D eigenvalue weighted by molar-refractivity contribution is -0.121. The van der Waals surface area contributed by atoms with Crippen LogP contribution in [0.5, 0.6) is 0 Å². The highest BCUT2D eigenvalue weighted by Crippen LogP contribution is 2.39. The number of fused-ring (bicyclic) bond motifs is 3. The number of carbonyl (C=O) groups is 2. The molecule has 3 N–H and O–H groups in total. The second kappa shape index (κ2) is 16.8. The van der Waals surface area contributed by atoms with Crippen molar-refractivity contribution in [2.45, 2.75) is 39.7 Å². The van der Waals surface area contributed by atoms with E-state index in [-0.39, 0.29) is 31.3 Å². The third kappa shape index (κ3) is 8.29. The molecule has 0 radical (unpaired) electrons. The highest BCUT2D eigenvalue weighted by atomic mass is 35.5. The topological polar surface area (TPSA) is 131 Å². The van der Waals surface area contributed by atoms with Gasteiger partial charge in [-0.3, -0.25) is 19.3 Å². The Labute approximate surface area is 313 Å². The van der Waals surface area contributed by atoms with Crippen LogP contribution in [0.4, 0.5) is 5.69 Å². The number of benzene rings is 2. The lowest BCUT2D eigenvalue weighted by atomic mass is 9.99. The van der Waals surface area contributed by atoms with E-state index in [1.807, 2.05) is 43.3 Å². The number of methoxy groups -OCH3 is 1. The van der Waals surface area contributed by atoms with Gasteiger partial charge in [0.15, 0.2) is 5.82 Å². The summed E-state index contributed by atoms with van der Waals surface area (Å²) in [6.45, 7) is 11.3. The Morgan fingerprint density at radius 2 is 1.82 bits per heavy atom. The molecule has 0 bridgehead atoms. The molecule has 0 aliphatic carbocycles. The summed E-state index contributed by atoms with van der Waals surface area (Å²) in [5.74, 6) is 6.79. The van der Waals surface area contributed by atoms with E-state index >= 15 is 0 Å². The Morgan fingerprint density at radius 1 is 1.08 bits per heavy atom. The lowest BCUT2D eigenvalue weighted by Crippen LogP contribution is -2.47. The van der Waals surface area contributed by atoms with Crippen molar-refractivity contribution in [2.75, 3.05) is 57.8 Å². The molecule has 0 spiro atoms. The maximum Gasteiger partial charge on any atom is 0.339 e. The first kappa shape index (κ1) is 38.0. The fourth-order valence-corrected chi connectivity index (χ4v) is 7.75. The molecule has 1 fully saturated rings. The molecule has 268 valence electrons. The van der Waals surface area contributed by atoms with Gasteiger partial charge in [0.05, 0.1) is 31.4 Å². The van der Waals surface area contributed by atoms with E-state index in [1.54, 1.807) is 17.4 Å². The SMILES string of the molecule is COC(=O)c1ccc(N2CCN(CCCNC(=O)C[C@@H]3N=C(c4ccc(Cl)cc4)c4c(sc(C)c4C)-n4c(C)nnc43)CC2)cc1C#CCN.Cl. The van der Waals surface area contributed by atoms with Crippen LogP contribution in [-0.2, 0) is 9.53 Å². The number of aryl methyl sites for hydroxylation is 2. The average molecular weight is 750 g/mol. The van der Waals surface area contributed by atoms with Crippen LogP contribution in [0.3, 0.4) is 0 Å². The van der Waals surface area contributed by atoms with Crippen molar-refractivity contribution >= 4 is 58.6 Å². The number of piperazine rings is 1. The number of halogens is 2. The summed E-state index contributed by atoms with van der Waals surface area (Å²) >= 11 is 7.92. The predicted molar refractivity (Wildman–Crippen MR) is 205 cm³/mol. The molecule has 0 saturated carbocycles. The number of nitrogens with zero attached hydrogens (tertiary/aromatic N) is 6. The van der Waals surface area contributed by atoms with Gasteiger partial charge in [-0.1, -0.05) is 35.6 Å². The van der Waals surface area contributed by atoms with Crippen LogP contribution in [0.25, 0.3) is 5.00 Å². The zero-order chi connectivity index (χ0) is 35.4. The number of hydrogen-bond acceptors (Lipinski definition) is 10. The number of amides is 1. The van der Waals surface area contributed by atoms with Crippen molar-refractivity contribution in [3.8, 4) is 16.8 Å². The number of ether oxygens (including phenoxy) is 1. The number of nitrogens with one attached hydrogen (secondary N) is 1. The summed E-state index contributed by atoms with van der Waals surface area (Å²) in [7, 11) is 1.36. The number of nitrogens with two attached hydrogens (primary N) is 1. The third-order valence-electron chi connectivity index (χ3n) is 9.18. The summed E-state index contributed by atoms with van der Waals surface area (Å²) < 4.78 is 6.98. The molecule has 4 aromatic rings. The summed E-state index contributed by atoms with van der Waals surface area (Å²) in [5.41, 5.74) is 11.6. The van der Waals surface area contributed by atoms with Crippen molar-refractivity contribution in [2.24, 2.45) is 10.7 Å². The van der Waals surface area contributed by atoms with E-state index < -0.39 is 12.0 Å². The lowest BCUT2D eigenvalue weighted by Gasteiger charge is -2.36. The minimum Gasteiger partial charge on any atom is -0.465 e. The van der Waals surface area contributed by atoms with E-state index in [0.29, 0.717) is 28.5 Å². The smallest absolute Gasteiger partial charge is 0.339 e. The molecule has 2 aliphatic heterocycles. The summed E-state index contributed by atoms with van der Waals surface area (Å²) in [6.07, 6.45) is 0.987. The molecule has 1 atom stereocenters. The first-order valence-corrected chi connectivity index (χ1v) is 17.9. The number of aromatic nitrogens is 3. The van der Waals surface area contributed by atoms with Crippen LogP contribution in [0, 0.1) is 32.6 Å². The normalized spacial score (nSPS) is 15.4. The average Bonchev–Trinajstić information content (AvgIpc) is 3.60. The molecule has 1 saturated heterocycles. The van der Waals surface area contributed by atoms with Crippen molar-refractivity contribution in [3.63, 3.8) is 0 Å². The van der Waals surface area contributed by atoms with Crippen molar-refractivity contribution < 1.29 is 14.3 Å². The Kier molecular flexibility index (Phi) is 12.5. The quantitative estimate of drug-likeness (QED) is 0.138. The van der Waals surface area contributed by atoms with Gasteiger partial charge in [0.1, 0.15) is 16.9 Å². The number of rotatable bonds is 9. The van der Waals surface area contributed by atoms with Crippen LogP contribution in [-0.4, -0.2) is 90.2 Å². The van der Waals surface area contributed by atoms with Crippen molar-refractivity contribution in [3.05, 3.63) is 91.8 Å².